The van der Waals surface area contributed by atoms with Crippen molar-refractivity contribution >= 4 is 17.1 Å². The van der Waals surface area contributed by atoms with Crippen LogP contribution in [0.15, 0.2) is 36.7 Å². The zero-order valence-corrected chi connectivity index (χ0v) is 16.0. The number of amides is 1. The van der Waals surface area contributed by atoms with Crippen LogP contribution in [0.2, 0.25) is 0 Å². The molecular weight excluding hydrogens is 352 g/mol. The average molecular weight is 376 g/mol. The van der Waals surface area contributed by atoms with Gasteiger partial charge in [0.25, 0.3) is 0 Å². The summed E-state index contributed by atoms with van der Waals surface area (Å²) in [7, 11) is 2.05. The van der Waals surface area contributed by atoms with Crippen molar-refractivity contribution in [1.82, 2.24) is 30.0 Å². The number of H-pyrrole nitrogens is 1. The minimum Gasteiger partial charge on any atom is -0.341 e. The van der Waals surface area contributed by atoms with Gasteiger partial charge in [0, 0.05) is 37.9 Å². The fraction of sp³-hybridized carbons (Fsp3) is 0.429. The predicted octanol–water partition coefficient (Wildman–Crippen LogP) is 2.12. The molecule has 2 aliphatic rings. The van der Waals surface area contributed by atoms with Crippen molar-refractivity contribution in [2.24, 2.45) is 0 Å². The Bertz CT molecular complexity index is 1010. The maximum atomic E-state index is 13.4. The van der Waals surface area contributed by atoms with E-state index in [1.807, 2.05) is 4.90 Å². The second-order valence-corrected chi connectivity index (χ2v) is 7.89. The van der Waals surface area contributed by atoms with Crippen LogP contribution in [-0.2, 0) is 17.8 Å². The largest absolute Gasteiger partial charge is 0.341 e. The molecule has 7 heteroatoms. The number of nitrogens with zero attached hydrogens (tertiary/aromatic N) is 5. The maximum Gasteiger partial charge on any atom is 0.240 e. The number of nitrogens with one attached hydrogen (secondary N) is 1. The van der Waals surface area contributed by atoms with Crippen LogP contribution in [0.5, 0.6) is 0 Å². The SMILES string of the molecule is CN1Cc2ccccc2C[C@@H]1C(=O)N1CCC[C@@H](c2[nH]nc3nccnc23)C1. The number of carbonyl (C=O) groups excluding carboxylic acids is 1. The van der Waals surface area contributed by atoms with Crippen molar-refractivity contribution in [2.45, 2.75) is 37.8 Å². The van der Waals surface area contributed by atoms with E-state index in [4.69, 9.17) is 0 Å². The third-order valence-electron chi connectivity index (χ3n) is 6.13. The fourth-order valence-electron chi connectivity index (χ4n) is 4.61. The summed E-state index contributed by atoms with van der Waals surface area (Å²) in [6.07, 6.45) is 6.15. The van der Waals surface area contributed by atoms with Crippen molar-refractivity contribution in [1.29, 1.82) is 0 Å². The molecule has 4 heterocycles. The van der Waals surface area contributed by atoms with E-state index in [-0.39, 0.29) is 17.9 Å². The highest BCUT2D eigenvalue weighted by Crippen LogP contribution is 2.30. The van der Waals surface area contributed by atoms with Gasteiger partial charge in [0.1, 0.15) is 5.52 Å². The Morgan fingerprint density at radius 2 is 2.00 bits per heavy atom. The van der Waals surface area contributed by atoms with Crippen LogP contribution in [0.3, 0.4) is 0 Å². The molecule has 0 radical (unpaired) electrons. The van der Waals surface area contributed by atoms with E-state index in [1.165, 1.54) is 11.1 Å². The molecule has 0 bridgehead atoms. The molecule has 28 heavy (non-hydrogen) atoms. The smallest absolute Gasteiger partial charge is 0.240 e. The molecular formula is C21H24N6O. The molecule has 1 fully saturated rings. The zero-order chi connectivity index (χ0) is 19.1. The summed E-state index contributed by atoms with van der Waals surface area (Å²) in [5.74, 6) is 0.456. The molecule has 7 nitrogen and oxygen atoms in total. The van der Waals surface area contributed by atoms with Crippen molar-refractivity contribution in [2.75, 3.05) is 20.1 Å². The molecule has 0 unspecified atom stereocenters. The third-order valence-corrected chi connectivity index (χ3v) is 6.13. The number of aromatic nitrogens is 4. The highest BCUT2D eigenvalue weighted by atomic mass is 16.2. The Morgan fingerprint density at radius 1 is 1.18 bits per heavy atom. The lowest BCUT2D eigenvalue weighted by Gasteiger charge is -2.39. The molecule has 2 atom stereocenters. The maximum absolute atomic E-state index is 13.4. The minimum absolute atomic E-state index is 0.0908. The number of fused-ring (bicyclic) bond motifs is 2. The van der Waals surface area contributed by atoms with Crippen LogP contribution >= 0.6 is 0 Å². The summed E-state index contributed by atoms with van der Waals surface area (Å²) >= 11 is 0. The molecule has 0 aliphatic carbocycles. The molecule has 1 aromatic carbocycles. The summed E-state index contributed by atoms with van der Waals surface area (Å²) in [4.78, 5) is 26.3. The molecule has 2 aliphatic heterocycles. The van der Waals surface area contributed by atoms with Crippen LogP contribution in [0.25, 0.3) is 11.2 Å². The lowest BCUT2D eigenvalue weighted by atomic mass is 9.91. The van der Waals surface area contributed by atoms with Crippen molar-refractivity contribution in [3.63, 3.8) is 0 Å². The molecule has 5 rings (SSSR count). The summed E-state index contributed by atoms with van der Waals surface area (Å²) in [5, 5.41) is 7.40. The second-order valence-electron chi connectivity index (χ2n) is 7.89. The third kappa shape index (κ3) is 2.96. The van der Waals surface area contributed by atoms with E-state index >= 15 is 0 Å². The summed E-state index contributed by atoms with van der Waals surface area (Å²) in [5.41, 5.74) is 5.09. The summed E-state index contributed by atoms with van der Waals surface area (Å²) < 4.78 is 0. The Labute approximate surface area is 163 Å². The number of aromatic amines is 1. The Hall–Kier alpha value is -2.80. The standard InChI is InChI=1S/C21H24N6O/c1-26-12-15-6-3-2-5-14(15)11-17(26)21(28)27-10-4-7-16(13-27)18-19-20(25-24-18)23-9-8-22-19/h2-3,5-6,8-9,16-17H,4,7,10-13H2,1H3,(H,23,24,25)/t16-,17-/m1/s1. The van der Waals surface area contributed by atoms with Gasteiger partial charge >= 0.3 is 0 Å². The number of hydrogen-bond acceptors (Lipinski definition) is 5. The van der Waals surface area contributed by atoms with E-state index in [2.05, 4.69) is 56.4 Å². The lowest BCUT2D eigenvalue weighted by molar-refractivity contribution is -0.138. The highest BCUT2D eigenvalue weighted by Gasteiger charge is 2.35. The van der Waals surface area contributed by atoms with Gasteiger partial charge in [-0.25, -0.2) is 9.97 Å². The minimum atomic E-state index is -0.0908. The Kier molecular flexibility index (Phi) is 4.31. The summed E-state index contributed by atoms with van der Waals surface area (Å²) in [6, 6.07) is 8.35. The first kappa shape index (κ1) is 17.3. The second kappa shape index (κ2) is 6.98. The molecule has 0 saturated carbocycles. The Morgan fingerprint density at radius 3 is 2.89 bits per heavy atom. The number of carbonyl (C=O) groups is 1. The average Bonchev–Trinajstić information content (AvgIpc) is 3.17. The normalized spacial score (nSPS) is 23.0. The number of hydrogen-bond donors (Lipinski definition) is 1. The number of likely N-dealkylation sites (N-methyl/N-ethyl adjacent to an activating group) is 1. The van der Waals surface area contributed by atoms with Crippen LogP contribution in [0.1, 0.15) is 35.6 Å². The quantitative estimate of drug-likeness (QED) is 0.741. The first-order valence-corrected chi connectivity index (χ1v) is 9.91. The number of piperidine rings is 1. The molecule has 1 N–H and O–H groups in total. The number of rotatable bonds is 2. The van der Waals surface area contributed by atoms with Gasteiger partial charge in [-0.15, -0.1) is 0 Å². The highest BCUT2D eigenvalue weighted by molar-refractivity contribution is 5.83. The van der Waals surface area contributed by atoms with Gasteiger partial charge in [-0.3, -0.25) is 14.8 Å². The fourth-order valence-corrected chi connectivity index (χ4v) is 4.61. The number of likely N-dealkylation sites (tertiary alicyclic amines) is 1. The lowest BCUT2D eigenvalue weighted by Crippen LogP contribution is -2.52. The zero-order valence-electron chi connectivity index (χ0n) is 16.0. The monoisotopic (exact) mass is 376 g/mol. The first-order chi connectivity index (χ1) is 13.7. The molecule has 3 aromatic rings. The van der Waals surface area contributed by atoms with Gasteiger partial charge in [-0.1, -0.05) is 24.3 Å². The molecule has 1 saturated heterocycles. The number of benzene rings is 1. The van der Waals surface area contributed by atoms with Gasteiger partial charge in [0.05, 0.1) is 11.7 Å². The van der Waals surface area contributed by atoms with E-state index in [0.29, 0.717) is 12.2 Å². The van der Waals surface area contributed by atoms with Crippen molar-refractivity contribution in [3.8, 4) is 0 Å². The molecule has 0 spiro atoms. The van der Waals surface area contributed by atoms with Gasteiger partial charge in [-0.05, 0) is 37.4 Å². The topological polar surface area (TPSA) is 78.0 Å². The van der Waals surface area contributed by atoms with Crippen LogP contribution in [0.4, 0.5) is 0 Å². The van der Waals surface area contributed by atoms with Gasteiger partial charge in [-0.2, -0.15) is 5.10 Å². The van der Waals surface area contributed by atoms with Crippen molar-refractivity contribution < 1.29 is 4.79 Å². The van der Waals surface area contributed by atoms with Crippen LogP contribution < -0.4 is 0 Å². The van der Waals surface area contributed by atoms with E-state index < -0.39 is 0 Å². The molecule has 1 amide bonds. The van der Waals surface area contributed by atoms with Gasteiger partial charge in [0.2, 0.25) is 5.91 Å². The van der Waals surface area contributed by atoms with E-state index in [0.717, 1.165) is 43.6 Å². The van der Waals surface area contributed by atoms with Crippen molar-refractivity contribution in [3.05, 3.63) is 53.5 Å². The van der Waals surface area contributed by atoms with E-state index in [1.54, 1.807) is 12.4 Å². The van der Waals surface area contributed by atoms with Crippen LogP contribution in [0, 0.1) is 0 Å². The molecule has 2 aromatic heterocycles. The van der Waals surface area contributed by atoms with Gasteiger partial charge < -0.3 is 4.90 Å². The van der Waals surface area contributed by atoms with Crippen LogP contribution in [-0.4, -0.2) is 62.1 Å². The van der Waals surface area contributed by atoms with Gasteiger partial charge in [0.15, 0.2) is 5.65 Å². The Balaban J connectivity index is 1.36. The predicted molar refractivity (Wildman–Crippen MR) is 106 cm³/mol. The first-order valence-electron chi connectivity index (χ1n) is 9.91. The molecule has 144 valence electrons. The summed E-state index contributed by atoms with van der Waals surface area (Å²) in [6.45, 7) is 2.35. The van der Waals surface area contributed by atoms with E-state index in [9.17, 15) is 4.79 Å².